The molecule has 4 nitrogen and oxygen atoms in total. The molecule has 4 rings (SSSR count). The highest BCUT2D eigenvalue weighted by Gasteiger charge is 2.17. The van der Waals surface area contributed by atoms with Gasteiger partial charge in [-0.15, -0.1) is 0 Å². The molecular formula is C20H20FN3O. The molecule has 128 valence electrons. The molecule has 1 fully saturated rings. The van der Waals surface area contributed by atoms with E-state index in [1.807, 2.05) is 24.3 Å². The highest BCUT2D eigenvalue weighted by molar-refractivity contribution is 5.83. The zero-order valence-electron chi connectivity index (χ0n) is 13.9. The quantitative estimate of drug-likeness (QED) is 0.769. The largest absolute Gasteiger partial charge is 0.314 e. The molecule has 1 unspecified atom stereocenters. The van der Waals surface area contributed by atoms with E-state index < -0.39 is 0 Å². The second-order valence-electron chi connectivity index (χ2n) is 6.64. The molecular weight excluding hydrogens is 317 g/mol. The number of nitrogens with one attached hydrogen (secondary N) is 2. The predicted molar refractivity (Wildman–Crippen MR) is 96.3 cm³/mol. The molecule has 1 aliphatic rings. The fourth-order valence-electron chi connectivity index (χ4n) is 3.59. The number of nitrogens with zero attached hydrogens (tertiary/aromatic N) is 1. The maximum absolute atomic E-state index is 14.2. The Hall–Kier alpha value is -2.53. The minimum Gasteiger partial charge on any atom is -0.314 e. The molecule has 1 aliphatic heterocycles. The van der Waals surface area contributed by atoms with Crippen LogP contribution in [-0.4, -0.2) is 22.8 Å². The Bertz CT molecular complexity index is 961. The van der Waals surface area contributed by atoms with Gasteiger partial charge in [0.15, 0.2) is 0 Å². The molecule has 1 aromatic heterocycles. The smallest absolute Gasteiger partial charge is 0.272 e. The van der Waals surface area contributed by atoms with E-state index in [1.54, 1.807) is 12.1 Å². The zero-order valence-corrected chi connectivity index (χ0v) is 13.9. The topological polar surface area (TPSA) is 57.8 Å². The van der Waals surface area contributed by atoms with Gasteiger partial charge in [0.05, 0.1) is 11.1 Å². The first-order valence-electron chi connectivity index (χ1n) is 8.68. The van der Waals surface area contributed by atoms with Crippen molar-refractivity contribution >= 4 is 10.8 Å². The molecule has 25 heavy (non-hydrogen) atoms. The second kappa shape index (κ2) is 6.76. The van der Waals surface area contributed by atoms with Crippen molar-refractivity contribution in [2.24, 2.45) is 0 Å². The third-order valence-corrected chi connectivity index (χ3v) is 4.89. The number of halogens is 1. The molecule has 0 amide bonds. The average molecular weight is 337 g/mol. The zero-order chi connectivity index (χ0) is 17.2. The van der Waals surface area contributed by atoms with Crippen LogP contribution in [0.3, 0.4) is 0 Å². The standard InChI is InChI=1S/C20H20FN3O/c21-18-8-7-13(10-14(18)12-15-4-3-9-22-15)11-19-16-5-1-2-6-17(16)20(25)24-23-19/h1-2,5-8,10,15,22H,3-4,9,11-12H2,(H,24,25). The van der Waals surface area contributed by atoms with Crippen molar-refractivity contribution in [1.29, 1.82) is 0 Å². The van der Waals surface area contributed by atoms with Crippen LogP contribution in [0.4, 0.5) is 4.39 Å². The van der Waals surface area contributed by atoms with Gasteiger partial charge >= 0.3 is 0 Å². The highest BCUT2D eigenvalue weighted by Crippen LogP contribution is 2.20. The Labute approximate surface area is 145 Å². The van der Waals surface area contributed by atoms with Crippen molar-refractivity contribution in [3.05, 3.63) is 75.5 Å². The first-order valence-corrected chi connectivity index (χ1v) is 8.68. The Kier molecular flexibility index (Phi) is 4.32. The summed E-state index contributed by atoms with van der Waals surface area (Å²) >= 11 is 0. The number of H-pyrrole nitrogens is 1. The van der Waals surface area contributed by atoms with Gasteiger partial charge in [0, 0.05) is 17.8 Å². The van der Waals surface area contributed by atoms with Crippen molar-refractivity contribution in [2.45, 2.75) is 31.7 Å². The maximum Gasteiger partial charge on any atom is 0.272 e. The van der Waals surface area contributed by atoms with Crippen molar-refractivity contribution < 1.29 is 4.39 Å². The van der Waals surface area contributed by atoms with Gasteiger partial charge in [0.1, 0.15) is 5.82 Å². The Morgan fingerprint density at radius 2 is 2.00 bits per heavy atom. The van der Waals surface area contributed by atoms with E-state index in [0.29, 0.717) is 24.3 Å². The molecule has 0 radical (unpaired) electrons. The van der Waals surface area contributed by atoms with Gasteiger partial charge in [-0.1, -0.05) is 30.3 Å². The van der Waals surface area contributed by atoms with Crippen LogP contribution >= 0.6 is 0 Å². The minimum atomic E-state index is -0.188. The number of aromatic amines is 1. The van der Waals surface area contributed by atoms with Crippen LogP contribution in [0.5, 0.6) is 0 Å². The number of aromatic nitrogens is 2. The lowest BCUT2D eigenvalue weighted by molar-refractivity contribution is 0.560. The van der Waals surface area contributed by atoms with E-state index in [1.165, 1.54) is 6.07 Å². The lowest BCUT2D eigenvalue weighted by atomic mass is 9.98. The van der Waals surface area contributed by atoms with Crippen LogP contribution in [0.25, 0.3) is 10.8 Å². The van der Waals surface area contributed by atoms with E-state index in [-0.39, 0.29) is 11.4 Å². The summed E-state index contributed by atoms with van der Waals surface area (Å²) in [5, 5.41) is 11.7. The molecule has 0 saturated carbocycles. The van der Waals surface area contributed by atoms with E-state index >= 15 is 0 Å². The van der Waals surface area contributed by atoms with Crippen LogP contribution in [0.15, 0.2) is 47.3 Å². The monoisotopic (exact) mass is 337 g/mol. The molecule has 2 heterocycles. The number of rotatable bonds is 4. The predicted octanol–water partition coefficient (Wildman–Crippen LogP) is 2.95. The summed E-state index contributed by atoms with van der Waals surface area (Å²) in [6.45, 7) is 1.01. The summed E-state index contributed by atoms with van der Waals surface area (Å²) in [5.74, 6) is -0.156. The van der Waals surface area contributed by atoms with Crippen LogP contribution in [-0.2, 0) is 12.8 Å². The first-order chi connectivity index (χ1) is 12.2. The van der Waals surface area contributed by atoms with Gasteiger partial charge in [-0.3, -0.25) is 4.79 Å². The third-order valence-electron chi connectivity index (χ3n) is 4.89. The fourth-order valence-corrected chi connectivity index (χ4v) is 3.59. The van der Waals surface area contributed by atoms with Gasteiger partial charge < -0.3 is 5.32 Å². The minimum absolute atomic E-state index is 0.156. The summed E-state index contributed by atoms with van der Waals surface area (Å²) in [6.07, 6.45) is 3.51. The molecule has 0 bridgehead atoms. The fraction of sp³-hybridized carbons (Fsp3) is 0.300. The molecule has 1 atom stereocenters. The summed E-state index contributed by atoms with van der Waals surface area (Å²) in [5.41, 5.74) is 2.35. The first kappa shape index (κ1) is 16.0. The van der Waals surface area contributed by atoms with Crippen molar-refractivity contribution in [2.75, 3.05) is 6.54 Å². The normalized spacial score (nSPS) is 17.2. The number of fused-ring (bicyclic) bond motifs is 1. The number of hydrogen-bond acceptors (Lipinski definition) is 3. The van der Waals surface area contributed by atoms with Crippen LogP contribution in [0.2, 0.25) is 0 Å². The summed E-state index contributed by atoms with van der Waals surface area (Å²) in [6, 6.07) is 13.0. The highest BCUT2D eigenvalue weighted by atomic mass is 19.1. The third kappa shape index (κ3) is 3.33. The van der Waals surface area contributed by atoms with E-state index in [9.17, 15) is 9.18 Å². The van der Waals surface area contributed by atoms with Gasteiger partial charge in [-0.2, -0.15) is 5.10 Å². The Morgan fingerprint density at radius 1 is 1.16 bits per heavy atom. The van der Waals surface area contributed by atoms with E-state index in [0.717, 1.165) is 41.6 Å². The summed E-state index contributed by atoms with van der Waals surface area (Å²) < 4.78 is 14.2. The lowest BCUT2D eigenvalue weighted by Gasteiger charge is -2.12. The molecule has 3 aromatic rings. The second-order valence-corrected chi connectivity index (χ2v) is 6.64. The summed E-state index contributed by atoms with van der Waals surface area (Å²) in [7, 11) is 0. The van der Waals surface area contributed by atoms with E-state index in [4.69, 9.17) is 0 Å². The SMILES string of the molecule is O=c1[nH]nc(Cc2ccc(F)c(CC3CCCN3)c2)c2ccccc12. The molecule has 0 aliphatic carbocycles. The summed E-state index contributed by atoms with van der Waals surface area (Å²) in [4.78, 5) is 11.9. The van der Waals surface area contributed by atoms with Gasteiger partial charge in [0.2, 0.25) is 0 Å². The van der Waals surface area contributed by atoms with Crippen molar-refractivity contribution in [3.63, 3.8) is 0 Å². The molecule has 1 saturated heterocycles. The molecule has 2 N–H and O–H groups in total. The lowest BCUT2D eigenvalue weighted by Crippen LogP contribution is -2.24. The number of hydrogen-bond donors (Lipinski definition) is 2. The maximum atomic E-state index is 14.2. The average Bonchev–Trinajstić information content (AvgIpc) is 3.14. The van der Waals surface area contributed by atoms with Gasteiger partial charge in [0.25, 0.3) is 5.56 Å². The van der Waals surface area contributed by atoms with Gasteiger partial charge in [-0.25, -0.2) is 9.49 Å². The van der Waals surface area contributed by atoms with Crippen LogP contribution in [0, 0.1) is 5.82 Å². The molecule has 5 heteroatoms. The van der Waals surface area contributed by atoms with Crippen LogP contribution < -0.4 is 10.9 Å². The Morgan fingerprint density at radius 3 is 2.80 bits per heavy atom. The Balaban J connectivity index is 1.65. The number of benzene rings is 2. The van der Waals surface area contributed by atoms with E-state index in [2.05, 4.69) is 15.5 Å². The van der Waals surface area contributed by atoms with Crippen LogP contribution in [0.1, 0.15) is 29.7 Å². The molecule has 2 aromatic carbocycles. The van der Waals surface area contributed by atoms with Crippen molar-refractivity contribution in [1.82, 2.24) is 15.5 Å². The van der Waals surface area contributed by atoms with Gasteiger partial charge in [-0.05, 0) is 49.1 Å². The molecule has 0 spiro atoms. The van der Waals surface area contributed by atoms with Crippen molar-refractivity contribution in [3.8, 4) is 0 Å².